The molecule has 1 atom stereocenters. The van der Waals surface area contributed by atoms with Gasteiger partial charge in [0.15, 0.2) is 0 Å². The third-order valence-corrected chi connectivity index (χ3v) is 2.80. The lowest BCUT2D eigenvalue weighted by Gasteiger charge is -2.14. The topological polar surface area (TPSA) is 107 Å². The van der Waals surface area contributed by atoms with Crippen molar-refractivity contribution in [1.29, 1.82) is 0 Å². The summed E-state index contributed by atoms with van der Waals surface area (Å²) in [5, 5.41) is 2.75. The van der Waals surface area contributed by atoms with Gasteiger partial charge in [-0.2, -0.15) is 0 Å². The van der Waals surface area contributed by atoms with Gasteiger partial charge in [-0.3, -0.25) is 9.59 Å². The van der Waals surface area contributed by atoms with E-state index in [0.717, 1.165) is 0 Å². The minimum Gasteiger partial charge on any atom is -0.493 e. The number of ether oxygens (including phenoxy) is 1. The number of rotatable bonds is 8. The fourth-order valence-electron chi connectivity index (χ4n) is 1.75. The minimum absolute atomic E-state index is 0.169. The van der Waals surface area contributed by atoms with Crippen LogP contribution in [0.25, 0.3) is 0 Å². The van der Waals surface area contributed by atoms with Crippen LogP contribution in [0.1, 0.15) is 26.7 Å². The van der Waals surface area contributed by atoms with E-state index in [-0.39, 0.29) is 18.9 Å². The smallest absolute Gasteiger partial charge is 0.241 e. The predicted molar refractivity (Wildman–Crippen MR) is 81.8 cm³/mol. The van der Waals surface area contributed by atoms with Crippen molar-refractivity contribution >= 4 is 17.5 Å². The Morgan fingerprint density at radius 2 is 1.86 bits per heavy atom. The van der Waals surface area contributed by atoms with Gasteiger partial charge in [-0.15, -0.1) is 0 Å². The highest BCUT2D eigenvalue weighted by Gasteiger charge is 2.14. The van der Waals surface area contributed by atoms with Gasteiger partial charge in [0.2, 0.25) is 11.8 Å². The van der Waals surface area contributed by atoms with Crippen LogP contribution in [0, 0.1) is 5.92 Å². The van der Waals surface area contributed by atoms with Crippen LogP contribution in [-0.4, -0.2) is 24.5 Å². The first-order valence-corrected chi connectivity index (χ1v) is 6.96. The monoisotopic (exact) mass is 293 g/mol. The van der Waals surface area contributed by atoms with Crippen LogP contribution < -0.4 is 21.5 Å². The Morgan fingerprint density at radius 1 is 1.24 bits per heavy atom. The Bertz CT molecular complexity index is 472. The van der Waals surface area contributed by atoms with E-state index in [9.17, 15) is 9.59 Å². The van der Waals surface area contributed by atoms with E-state index in [1.807, 2.05) is 13.8 Å². The summed E-state index contributed by atoms with van der Waals surface area (Å²) in [6, 6.07) is 6.35. The summed E-state index contributed by atoms with van der Waals surface area (Å²) in [7, 11) is 0. The number of nitrogens with two attached hydrogens (primary N) is 2. The highest BCUT2D eigenvalue weighted by molar-refractivity contribution is 5.94. The summed E-state index contributed by atoms with van der Waals surface area (Å²) in [6.07, 6.45) is 0.808. The normalized spacial score (nSPS) is 12.0. The van der Waals surface area contributed by atoms with E-state index < -0.39 is 11.9 Å². The molecule has 21 heavy (non-hydrogen) atoms. The Hall–Kier alpha value is -2.08. The lowest BCUT2D eigenvalue weighted by molar-refractivity contribution is -0.119. The van der Waals surface area contributed by atoms with E-state index in [1.54, 1.807) is 24.3 Å². The van der Waals surface area contributed by atoms with Gasteiger partial charge >= 0.3 is 0 Å². The van der Waals surface area contributed by atoms with Crippen LogP contribution >= 0.6 is 0 Å². The second-order valence-corrected chi connectivity index (χ2v) is 5.31. The summed E-state index contributed by atoms with van der Waals surface area (Å²) in [4.78, 5) is 22.4. The molecule has 0 saturated carbocycles. The first-order chi connectivity index (χ1) is 9.88. The van der Waals surface area contributed by atoms with Crippen molar-refractivity contribution in [2.24, 2.45) is 17.4 Å². The standard InChI is InChI=1S/C15H23N3O3/c1-10(2)9-13(16)15(20)18-11-3-5-12(6-4-11)21-8-7-14(17)19/h3-6,10,13H,7-9,16H2,1-2H3,(H2,17,19)(H,18,20)/t13-/m0/s1. The molecule has 1 rings (SSSR count). The van der Waals surface area contributed by atoms with E-state index >= 15 is 0 Å². The molecule has 0 aliphatic carbocycles. The van der Waals surface area contributed by atoms with Crippen LogP contribution in [0.15, 0.2) is 24.3 Å². The molecule has 0 radical (unpaired) electrons. The minimum atomic E-state index is -0.517. The molecule has 1 aromatic carbocycles. The third-order valence-electron chi connectivity index (χ3n) is 2.80. The molecule has 0 aromatic heterocycles. The summed E-state index contributed by atoms with van der Waals surface area (Å²) in [5.41, 5.74) is 11.5. The maximum Gasteiger partial charge on any atom is 0.241 e. The van der Waals surface area contributed by atoms with Gasteiger partial charge in [-0.05, 0) is 36.6 Å². The number of anilines is 1. The van der Waals surface area contributed by atoms with Gasteiger partial charge in [0.25, 0.3) is 0 Å². The molecule has 0 bridgehead atoms. The van der Waals surface area contributed by atoms with Crippen molar-refractivity contribution < 1.29 is 14.3 Å². The van der Waals surface area contributed by atoms with Crippen molar-refractivity contribution in [3.8, 4) is 5.75 Å². The summed E-state index contributed by atoms with van der Waals surface area (Å²) in [6.45, 7) is 4.27. The lowest BCUT2D eigenvalue weighted by Crippen LogP contribution is -2.36. The predicted octanol–water partition coefficient (Wildman–Crippen LogP) is 1.25. The highest BCUT2D eigenvalue weighted by Crippen LogP contribution is 2.16. The highest BCUT2D eigenvalue weighted by atomic mass is 16.5. The van der Waals surface area contributed by atoms with Crippen molar-refractivity contribution in [2.75, 3.05) is 11.9 Å². The summed E-state index contributed by atoms with van der Waals surface area (Å²) in [5.74, 6) is 0.372. The zero-order valence-corrected chi connectivity index (χ0v) is 12.5. The summed E-state index contributed by atoms with van der Waals surface area (Å²) >= 11 is 0. The molecule has 0 saturated heterocycles. The van der Waals surface area contributed by atoms with Crippen LogP contribution in [0.4, 0.5) is 5.69 Å². The van der Waals surface area contributed by atoms with Crippen LogP contribution in [0.5, 0.6) is 5.75 Å². The van der Waals surface area contributed by atoms with Gasteiger partial charge in [-0.1, -0.05) is 13.8 Å². The maximum atomic E-state index is 11.9. The molecule has 0 unspecified atom stereocenters. The fourth-order valence-corrected chi connectivity index (χ4v) is 1.75. The molecule has 0 aliphatic heterocycles. The molecule has 2 amide bonds. The number of hydrogen-bond donors (Lipinski definition) is 3. The van der Waals surface area contributed by atoms with Crippen molar-refractivity contribution in [2.45, 2.75) is 32.7 Å². The fraction of sp³-hybridized carbons (Fsp3) is 0.467. The summed E-state index contributed by atoms with van der Waals surface area (Å²) < 4.78 is 5.34. The molecule has 6 heteroatoms. The molecule has 6 nitrogen and oxygen atoms in total. The molecular formula is C15H23N3O3. The van der Waals surface area contributed by atoms with Gasteiger partial charge < -0.3 is 21.5 Å². The van der Waals surface area contributed by atoms with E-state index in [4.69, 9.17) is 16.2 Å². The quantitative estimate of drug-likeness (QED) is 0.670. The third kappa shape index (κ3) is 6.76. The van der Waals surface area contributed by atoms with Crippen LogP contribution in [-0.2, 0) is 9.59 Å². The van der Waals surface area contributed by atoms with Gasteiger partial charge in [0, 0.05) is 5.69 Å². The zero-order chi connectivity index (χ0) is 15.8. The van der Waals surface area contributed by atoms with Crippen molar-refractivity contribution in [1.82, 2.24) is 0 Å². The molecule has 0 heterocycles. The average molecular weight is 293 g/mol. The number of amides is 2. The second-order valence-electron chi connectivity index (χ2n) is 5.31. The average Bonchev–Trinajstić information content (AvgIpc) is 2.39. The molecule has 0 spiro atoms. The van der Waals surface area contributed by atoms with E-state index in [0.29, 0.717) is 23.8 Å². The van der Waals surface area contributed by atoms with E-state index in [1.165, 1.54) is 0 Å². The first kappa shape index (κ1) is 17.0. The lowest BCUT2D eigenvalue weighted by atomic mass is 10.0. The van der Waals surface area contributed by atoms with Gasteiger partial charge in [0.05, 0.1) is 19.1 Å². The Kier molecular flexibility index (Phi) is 6.68. The largest absolute Gasteiger partial charge is 0.493 e. The number of hydrogen-bond acceptors (Lipinski definition) is 4. The molecule has 116 valence electrons. The van der Waals surface area contributed by atoms with Crippen LogP contribution in [0.2, 0.25) is 0 Å². The first-order valence-electron chi connectivity index (χ1n) is 6.96. The van der Waals surface area contributed by atoms with Crippen molar-refractivity contribution in [3.05, 3.63) is 24.3 Å². The SMILES string of the molecule is CC(C)C[C@H](N)C(=O)Nc1ccc(OCCC(N)=O)cc1. The number of benzene rings is 1. The number of carbonyl (C=O) groups excluding carboxylic acids is 2. The van der Waals surface area contributed by atoms with Crippen LogP contribution in [0.3, 0.4) is 0 Å². The molecular weight excluding hydrogens is 270 g/mol. The zero-order valence-electron chi connectivity index (χ0n) is 12.5. The van der Waals surface area contributed by atoms with E-state index in [2.05, 4.69) is 5.32 Å². The maximum absolute atomic E-state index is 11.9. The number of primary amides is 1. The Labute approximate surface area is 124 Å². The molecule has 0 fully saturated rings. The van der Waals surface area contributed by atoms with Gasteiger partial charge in [-0.25, -0.2) is 0 Å². The van der Waals surface area contributed by atoms with Crippen molar-refractivity contribution in [3.63, 3.8) is 0 Å². The number of nitrogens with one attached hydrogen (secondary N) is 1. The second kappa shape index (κ2) is 8.26. The Morgan fingerprint density at radius 3 is 2.38 bits per heavy atom. The molecule has 1 aromatic rings. The Balaban J connectivity index is 2.46. The molecule has 0 aliphatic rings. The number of carbonyl (C=O) groups is 2. The molecule has 5 N–H and O–H groups in total. The van der Waals surface area contributed by atoms with Gasteiger partial charge in [0.1, 0.15) is 5.75 Å².